The Morgan fingerprint density at radius 2 is 1.61 bits per heavy atom. The topological polar surface area (TPSA) is 107 Å². The number of phenols is 1. The molecule has 3 atom stereocenters. The van der Waals surface area contributed by atoms with Gasteiger partial charge in [-0.3, -0.25) is 4.79 Å². The Morgan fingerprint density at radius 1 is 1.03 bits per heavy atom. The molecule has 3 unspecified atom stereocenters. The van der Waals surface area contributed by atoms with Crippen LogP contribution < -0.4 is 0 Å². The number of carbonyl (C=O) groups excluding carboxylic acids is 1. The molecule has 166 valence electrons. The van der Waals surface area contributed by atoms with Crippen molar-refractivity contribution >= 4 is 11.9 Å². The predicted molar refractivity (Wildman–Crippen MR) is 115 cm³/mol. The number of hydrogen-bond donors (Lipinski definition) is 3. The van der Waals surface area contributed by atoms with Gasteiger partial charge in [-0.05, 0) is 50.4 Å². The van der Waals surface area contributed by atoms with Gasteiger partial charge < -0.3 is 25.0 Å². The van der Waals surface area contributed by atoms with Crippen LogP contribution >= 0.6 is 0 Å². The summed E-state index contributed by atoms with van der Waals surface area (Å²) < 4.78 is 5.70. The highest BCUT2D eigenvalue weighted by molar-refractivity contribution is 5.90. The largest absolute Gasteiger partial charge is 0.507 e. The first-order valence-corrected chi connectivity index (χ1v) is 10.5. The normalized spacial score (nSPS) is 23.4. The monoisotopic (exact) mass is 427 g/mol. The predicted octanol–water partition coefficient (Wildman–Crippen LogP) is 3.02. The van der Waals surface area contributed by atoms with Gasteiger partial charge in [0.25, 0.3) is 0 Å². The zero-order chi connectivity index (χ0) is 22.4. The Kier molecular flexibility index (Phi) is 7.65. The molecule has 2 heterocycles. The fourth-order valence-electron chi connectivity index (χ4n) is 4.36. The van der Waals surface area contributed by atoms with Gasteiger partial charge in [0.15, 0.2) is 0 Å². The third-order valence-corrected chi connectivity index (χ3v) is 6.14. The number of para-hydroxylation sites is 1. The summed E-state index contributed by atoms with van der Waals surface area (Å²) in [6, 6.07) is 16.3. The maximum Gasteiger partial charge on any atom is 0.339 e. The van der Waals surface area contributed by atoms with E-state index in [-0.39, 0.29) is 30.0 Å². The SMILES string of the molecule is CN1C2CCC1CC(OC(=O)C(CO)c1ccccc1)C2.O=C(O)c1ccccc1O. The number of aromatic hydroxyl groups is 1. The van der Waals surface area contributed by atoms with Crippen molar-refractivity contribution < 1.29 is 29.6 Å². The smallest absolute Gasteiger partial charge is 0.339 e. The van der Waals surface area contributed by atoms with Crippen molar-refractivity contribution in [1.29, 1.82) is 0 Å². The van der Waals surface area contributed by atoms with Gasteiger partial charge >= 0.3 is 11.9 Å². The van der Waals surface area contributed by atoms with Crippen molar-refractivity contribution in [3.63, 3.8) is 0 Å². The minimum absolute atomic E-state index is 0.00367. The van der Waals surface area contributed by atoms with Crippen LogP contribution in [-0.2, 0) is 9.53 Å². The van der Waals surface area contributed by atoms with Crippen LogP contribution in [0.3, 0.4) is 0 Å². The van der Waals surface area contributed by atoms with Crippen molar-refractivity contribution in [3.05, 3.63) is 65.7 Å². The van der Waals surface area contributed by atoms with Crippen LogP contribution in [0.15, 0.2) is 54.6 Å². The van der Waals surface area contributed by atoms with Crippen molar-refractivity contribution in [2.75, 3.05) is 13.7 Å². The quantitative estimate of drug-likeness (QED) is 0.630. The van der Waals surface area contributed by atoms with E-state index >= 15 is 0 Å². The molecule has 2 bridgehead atoms. The molecule has 0 aromatic heterocycles. The fourth-order valence-corrected chi connectivity index (χ4v) is 4.36. The molecule has 4 rings (SSSR count). The lowest BCUT2D eigenvalue weighted by Crippen LogP contribution is -2.43. The van der Waals surface area contributed by atoms with Crippen LogP contribution in [0, 0.1) is 0 Å². The summed E-state index contributed by atoms with van der Waals surface area (Å²) >= 11 is 0. The molecule has 31 heavy (non-hydrogen) atoms. The molecule has 0 aliphatic carbocycles. The van der Waals surface area contributed by atoms with E-state index in [1.807, 2.05) is 30.3 Å². The second kappa shape index (κ2) is 10.4. The van der Waals surface area contributed by atoms with Gasteiger partial charge in [-0.25, -0.2) is 4.79 Å². The first kappa shape index (κ1) is 22.8. The molecule has 3 N–H and O–H groups in total. The number of ether oxygens (including phenoxy) is 1. The number of fused-ring (bicyclic) bond motifs is 2. The highest BCUT2D eigenvalue weighted by Crippen LogP contribution is 2.36. The van der Waals surface area contributed by atoms with Gasteiger partial charge in [0.05, 0.1) is 6.61 Å². The number of benzene rings is 2. The van der Waals surface area contributed by atoms with Crippen LogP contribution in [0.25, 0.3) is 0 Å². The third kappa shape index (κ3) is 5.62. The van der Waals surface area contributed by atoms with Gasteiger partial charge in [-0.15, -0.1) is 0 Å². The van der Waals surface area contributed by atoms with Crippen molar-refractivity contribution in [2.24, 2.45) is 0 Å². The van der Waals surface area contributed by atoms with E-state index in [4.69, 9.17) is 14.9 Å². The van der Waals surface area contributed by atoms with Crippen LogP contribution in [-0.4, -0.2) is 64.0 Å². The molecule has 2 aromatic rings. The molecule has 7 nitrogen and oxygen atoms in total. The number of rotatable bonds is 5. The van der Waals surface area contributed by atoms with Crippen molar-refractivity contribution in [3.8, 4) is 5.75 Å². The second-order valence-electron chi connectivity index (χ2n) is 8.05. The van der Waals surface area contributed by atoms with E-state index in [0.717, 1.165) is 18.4 Å². The first-order chi connectivity index (χ1) is 14.9. The zero-order valence-electron chi connectivity index (χ0n) is 17.6. The van der Waals surface area contributed by atoms with Gasteiger partial charge in [-0.1, -0.05) is 42.5 Å². The maximum absolute atomic E-state index is 12.4. The van der Waals surface area contributed by atoms with E-state index in [0.29, 0.717) is 12.1 Å². The summed E-state index contributed by atoms with van der Waals surface area (Å²) in [6.07, 6.45) is 4.26. The third-order valence-electron chi connectivity index (χ3n) is 6.14. The molecule has 0 amide bonds. The first-order valence-electron chi connectivity index (χ1n) is 10.5. The van der Waals surface area contributed by atoms with E-state index < -0.39 is 11.9 Å². The molecule has 2 saturated heterocycles. The fraction of sp³-hybridized carbons (Fsp3) is 0.417. The van der Waals surface area contributed by atoms with Crippen molar-refractivity contribution in [2.45, 2.75) is 49.8 Å². The number of carbonyl (C=O) groups is 2. The molecular weight excluding hydrogens is 398 g/mol. The molecule has 7 heteroatoms. The Labute approximate surface area is 181 Å². The number of esters is 1. The Bertz CT molecular complexity index is 873. The second-order valence-corrected chi connectivity index (χ2v) is 8.05. The van der Waals surface area contributed by atoms with Crippen LogP contribution in [0.5, 0.6) is 5.75 Å². The minimum atomic E-state index is -1.11. The highest BCUT2D eigenvalue weighted by Gasteiger charge is 2.40. The molecular formula is C24H29NO6. The van der Waals surface area contributed by atoms with Crippen LogP contribution in [0.2, 0.25) is 0 Å². The average Bonchev–Trinajstić information content (AvgIpc) is 2.96. The lowest BCUT2D eigenvalue weighted by molar-refractivity contribution is -0.155. The molecule has 0 spiro atoms. The number of piperidine rings is 1. The van der Waals surface area contributed by atoms with Crippen molar-refractivity contribution in [1.82, 2.24) is 4.90 Å². The van der Waals surface area contributed by atoms with E-state index in [1.54, 1.807) is 12.1 Å². The molecule has 0 radical (unpaired) electrons. The van der Waals surface area contributed by atoms with Gasteiger partial charge in [-0.2, -0.15) is 0 Å². The van der Waals surface area contributed by atoms with Crippen LogP contribution in [0.1, 0.15) is 47.5 Å². The molecule has 2 fully saturated rings. The number of carboxylic acid groups (broad SMARTS) is 1. The Balaban J connectivity index is 0.000000229. The highest BCUT2D eigenvalue weighted by atomic mass is 16.5. The number of aliphatic hydroxyl groups is 1. The average molecular weight is 427 g/mol. The number of aromatic carboxylic acids is 1. The van der Waals surface area contributed by atoms with E-state index in [2.05, 4.69) is 11.9 Å². The summed E-state index contributed by atoms with van der Waals surface area (Å²) in [6.45, 7) is -0.206. The minimum Gasteiger partial charge on any atom is -0.507 e. The maximum atomic E-state index is 12.4. The summed E-state index contributed by atoms with van der Waals surface area (Å²) in [5.74, 6) is -2.17. The van der Waals surface area contributed by atoms with E-state index in [9.17, 15) is 14.7 Å². The zero-order valence-corrected chi connectivity index (χ0v) is 17.6. The lowest BCUT2D eigenvalue weighted by atomic mass is 9.98. The van der Waals surface area contributed by atoms with Gasteiger partial charge in [0.1, 0.15) is 23.3 Å². The lowest BCUT2D eigenvalue weighted by Gasteiger charge is -2.36. The number of hydrogen-bond acceptors (Lipinski definition) is 6. The van der Waals surface area contributed by atoms with E-state index in [1.165, 1.54) is 25.0 Å². The number of nitrogens with zero attached hydrogens (tertiary/aromatic N) is 1. The number of carboxylic acids is 1. The molecule has 2 aliphatic heterocycles. The molecule has 0 saturated carbocycles. The van der Waals surface area contributed by atoms with Gasteiger partial charge in [0, 0.05) is 12.1 Å². The standard InChI is InChI=1S/C17H23NO3.C7H6O3/c1-18-13-7-8-14(18)10-15(9-13)21-17(20)16(11-19)12-5-3-2-4-6-12;8-6-4-2-1-3-5(6)7(9)10/h2-6,13-16,19H,7-11H2,1H3;1-4,8H,(H,9,10). The Hall–Kier alpha value is -2.90. The Morgan fingerprint density at radius 3 is 2.13 bits per heavy atom. The molecule has 2 aromatic carbocycles. The summed E-state index contributed by atoms with van der Waals surface area (Å²) in [4.78, 5) is 25.0. The number of aliphatic hydroxyl groups excluding tert-OH is 1. The van der Waals surface area contributed by atoms with Crippen LogP contribution in [0.4, 0.5) is 0 Å². The summed E-state index contributed by atoms with van der Waals surface area (Å²) in [7, 11) is 2.17. The summed E-state index contributed by atoms with van der Waals surface area (Å²) in [5.41, 5.74) is 0.753. The van der Waals surface area contributed by atoms with Gasteiger partial charge in [0.2, 0.25) is 0 Å². The molecule has 2 aliphatic rings. The summed E-state index contributed by atoms with van der Waals surface area (Å²) in [5, 5.41) is 26.8.